The van der Waals surface area contributed by atoms with E-state index < -0.39 is 24.3 Å². The van der Waals surface area contributed by atoms with Crippen LogP contribution in [-0.2, 0) is 10.9 Å². The third-order valence-electron chi connectivity index (χ3n) is 5.70. The summed E-state index contributed by atoms with van der Waals surface area (Å²) >= 11 is 0. The number of rotatable bonds is 7. The van der Waals surface area contributed by atoms with E-state index in [-0.39, 0.29) is 22.7 Å². The molecule has 0 atom stereocenters. The second-order valence-corrected chi connectivity index (χ2v) is 8.20. The van der Waals surface area contributed by atoms with Crippen molar-refractivity contribution in [3.05, 3.63) is 113 Å². The van der Waals surface area contributed by atoms with Crippen LogP contribution in [0, 0.1) is 13.8 Å². The van der Waals surface area contributed by atoms with Crippen molar-refractivity contribution >= 4 is 23.1 Å². The molecule has 0 amide bonds. The Morgan fingerprint density at radius 3 is 2.28 bits per heavy atom. The van der Waals surface area contributed by atoms with E-state index in [4.69, 9.17) is 4.74 Å². The zero-order valence-corrected chi connectivity index (χ0v) is 19.6. The minimum absolute atomic E-state index is 0.0949. The molecule has 0 spiro atoms. The topological polar surface area (TPSA) is 60.3 Å². The number of Topliss-reactive ketones (excluding diaryl/α,β-unsaturated/α-hetero) is 1. The fraction of sp³-hybridized carbons (Fsp3) is 0.143. The number of nitrogens with one attached hydrogen (secondary N) is 1. The lowest BCUT2D eigenvalue weighted by molar-refractivity contribution is -0.137. The number of ether oxygens (including phenoxy) is 1. The normalized spacial score (nSPS) is 11.2. The first kappa shape index (κ1) is 24.8. The quantitative estimate of drug-likeness (QED) is 0.225. The van der Waals surface area contributed by atoms with E-state index in [1.807, 2.05) is 48.7 Å². The second-order valence-electron chi connectivity index (χ2n) is 8.20. The summed E-state index contributed by atoms with van der Waals surface area (Å²) < 4.78 is 46.4. The largest absolute Gasteiger partial charge is 0.454 e. The van der Waals surface area contributed by atoms with E-state index in [0.29, 0.717) is 5.56 Å². The van der Waals surface area contributed by atoms with Gasteiger partial charge >= 0.3 is 12.1 Å². The Balaban J connectivity index is 1.49. The summed E-state index contributed by atoms with van der Waals surface area (Å²) in [7, 11) is 0. The van der Waals surface area contributed by atoms with E-state index in [2.05, 4.69) is 5.32 Å². The van der Waals surface area contributed by atoms with Crippen molar-refractivity contribution in [2.75, 3.05) is 11.9 Å². The number of para-hydroxylation sites is 2. The van der Waals surface area contributed by atoms with Crippen LogP contribution in [0.4, 0.5) is 24.5 Å². The van der Waals surface area contributed by atoms with Gasteiger partial charge in [-0.25, -0.2) is 4.79 Å². The third-order valence-corrected chi connectivity index (χ3v) is 5.70. The monoisotopic (exact) mass is 492 g/mol. The van der Waals surface area contributed by atoms with Crippen LogP contribution in [0.1, 0.15) is 37.7 Å². The maximum absolute atomic E-state index is 13.0. The van der Waals surface area contributed by atoms with Gasteiger partial charge in [-0.3, -0.25) is 4.79 Å². The molecule has 0 saturated carbocycles. The van der Waals surface area contributed by atoms with Crippen LogP contribution >= 0.6 is 0 Å². The van der Waals surface area contributed by atoms with Crippen molar-refractivity contribution in [1.82, 2.24) is 4.57 Å². The fourth-order valence-corrected chi connectivity index (χ4v) is 4.00. The molecule has 0 aliphatic rings. The predicted octanol–water partition coefficient (Wildman–Crippen LogP) is 6.90. The number of esters is 1. The lowest BCUT2D eigenvalue weighted by Gasteiger charge is -2.13. The highest BCUT2D eigenvalue weighted by Crippen LogP contribution is 2.32. The van der Waals surface area contributed by atoms with Crippen molar-refractivity contribution in [2.24, 2.45) is 0 Å². The summed E-state index contributed by atoms with van der Waals surface area (Å²) in [5.41, 5.74) is 2.66. The van der Waals surface area contributed by atoms with Gasteiger partial charge in [0.05, 0.1) is 16.8 Å². The van der Waals surface area contributed by atoms with Crippen LogP contribution in [0.25, 0.3) is 5.69 Å². The van der Waals surface area contributed by atoms with Crippen LogP contribution in [-0.4, -0.2) is 22.9 Å². The van der Waals surface area contributed by atoms with Gasteiger partial charge in [0, 0.05) is 28.3 Å². The molecule has 5 nitrogen and oxygen atoms in total. The molecule has 8 heteroatoms. The first-order chi connectivity index (χ1) is 17.1. The number of aryl methyl sites for hydroxylation is 1. The van der Waals surface area contributed by atoms with Crippen LogP contribution in [0.3, 0.4) is 0 Å². The molecular formula is C28H23F3N2O3. The molecule has 0 fully saturated rings. The van der Waals surface area contributed by atoms with Gasteiger partial charge in [0.1, 0.15) is 0 Å². The van der Waals surface area contributed by atoms with E-state index in [1.165, 1.54) is 18.2 Å². The molecule has 3 aromatic carbocycles. The van der Waals surface area contributed by atoms with E-state index >= 15 is 0 Å². The highest BCUT2D eigenvalue weighted by Gasteiger charge is 2.30. The van der Waals surface area contributed by atoms with Crippen LogP contribution in [0.2, 0.25) is 0 Å². The van der Waals surface area contributed by atoms with Crippen molar-refractivity contribution in [3.8, 4) is 5.69 Å². The number of carbonyl (C=O) groups excluding carboxylic acids is 2. The van der Waals surface area contributed by atoms with Gasteiger partial charge < -0.3 is 14.6 Å². The zero-order chi connectivity index (χ0) is 25.9. The number of hydrogen-bond acceptors (Lipinski definition) is 4. The zero-order valence-electron chi connectivity index (χ0n) is 19.6. The summed E-state index contributed by atoms with van der Waals surface area (Å²) in [6.07, 6.45) is -4.49. The van der Waals surface area contributed by atoms with Crippen molar-refractivity contribution in [3.63, 3.8) is 0 Å². The number of ketones is 1. The molecule has 4 aromatic rings. The highest BCUT2D eigenvalue weighted by atomic mass is 19.4. The SMILES string of the molecule is Cc1cc(C(=O)COC(=O)c2ccccc2Nc2cccc(C(F)(F)F)c2)c(C)n1-c1ccccc1. The minimum Gasteiger partial charge on any atom is -0.454 e. The molecule has 0 unspecified atom stereocenters. The maximum atomic E-state index is 13.0. The average molecular weight is 492 g/mol. The number of halogens is 3. The smallest absolute Gasteiger partial charge is 0.416 e. The number of aromatic nitrogens is 1. The van der Waals surface area contributed by atoms with Gasteiger partial charge in [-0.2, -0.15) is 13.2 Å². The van der Waals surface area contributed by atoms with Crippen LogP contribution < -0.4 is 5.32 Å². The van der Waals surface area contributed by atoms with Crippen LogP contribution in [0.5, 0.6) is 0 Å². The Morgan fingerprint density at radius 2 is 1.56 bits per heavy atom. The van der Waals surface area contributed by atoms with Gasteiger partial charge in [0.2, 0.25) is 5.78 Å². The van der Waals surface area contributed by atoms with Crippen molar-refractivity contribution in [2.45, 2.75) is 20.0 Å². The minimum atomic E-state index is -4.49. The highest BCUT2D eigenvalue weighted by molar-refractivity contribution is 6.02. The summed E-state index contributed by atoms with van der Waals surface area (Å²) in [5.74, 6) is -1.13. The van der Waals surface area contributed by atoms with Gasteiger partial charge in [-0.15, -0.1) is 0 Å². The van der Waals surface area contributed by atoms with E-state index in [9.17, 15) is 22.8 Å². The molecule has 1 N–H and O–H groups in total. The second kappa shape index (κ2) is 10.1. The lowest BCUT2D eigenvalue weighted by Crippen LogP contribution is -2.16. The Morgan fingerprint density at radius 1 is 0.861 bits per heavy atom. The molecule has 1 aromatic heterocycles. The van der Waals surface area contributed by atoms with Crippen molar-refractivity contribution < 1.29 is 27.5 Å². The summed E-state index contributed by atoms with van der Waals surface area (Å²) in [6, 6.07) is 22.2. The van der Waals surface area contributed by atoms with Gasteiger partial charge in [0.25, 0.3) is 0 Å². The average Bonchev–Trinajstić information content (AvgIpc) is 3.16. The first-order valence-electron chi connectivity index (χ1n) is 11.1. The van der Waals surface area contributed by atoms with E-state index in [0.717, 1.165) is 29.2 Å². The predicted molar refractivity (Wildman–Crippen MR) is 131 cm³/mol. The molecule has 0 aliphatic carbocycles. The van der Waals surface area contributed by atoms with E-state index in [1.54, 1.807) is 24.3 Å². The Kier molecular flexibility index (Phi) is 6.96. The summed E-state index contributed by atoms with van der Waals surface area (Å²) in [4.78, 5) is 25.7. The van der Waals surface area contributed by atoms with Gasteiger partial charge in [0.15, 0.2) is 6.61 Å². The lowest BCUT2D eigenvalue weighted by atomic mass is 10.1. The number of carbonyl (C=O) groups is 2. The number of benzene rings is 3. The Bertz CT molecular complexity index is 1410. The summed E-state index contributed by atoms with van der Waals surface area (Å²) in [6.45, 7) is 3.23. The molecule has 4 rings (SSSR count). The summed E-state index contributed by atoms with van der Waals surface area (Å²) in [5, 5.41) is 2.83. The van der Waals surface area contributed by atoms with Crippen LogP contribution in [0.15, 0.2) is 84.9 Å². The van der Waals surface area contributed by atoms with Gasteiger partial charge in [-0.05, 0) is 62.4 Å². The number of anilines is 2. The molecule has 0 aliphatic heterocycles. The third kappa shape index (κ3) is 5.33. The fourth-order valence-electron chi connectivity index (χ4n) is 4.00. The Labute approximate surface area is 206 Å². The molecule has 1 heterocycles. The first-order valence-corrected chi connectivity index (χ1v) is 11.1. The molecular weight excluding hydrogens is 469 g/mol. The van der Waals surface area contributed by atoms with Gasteiger partial charge in [-0.1, -0.05) is 36.4 Å². The molecule has 184 valence electrons. The Hall–Kier alpha value is -4.33. The molecule has 0 radical (unpaired) electrons. The number of hydrogen-bond donors (Lipinski definition) is 1. The number of alkyl halides is 3. The maximum Gasteiger partial charge on any atom is 0.416 e. The molecule has 0 bridgehead atoms. The number of nitrogens with zero attached hydrogens (tertiary/aromatic N) is 1. The molecule has 36 heavy (non-hydrogen) atoms. The van der Waals surface area contributed by atoms with Crippen molar-refractivity contribution in [1.29, 1.82) is 0 Å². The standard InChI is InChI=1S/C28H23F3N2O3/c1-18-15-24(19(2)33(18)22-11-4-3-5-12-22)26(34)17-36-27(35)23-13-6-7-14-25(23)32-21-10-8-9-20(16-21)28(29,30)31/h3-16,32H,17H2,1-2H3. The molecule has 0 saturated heterocycles.